The van der Waals surface area contributed by atoms with Gasteiger partial charge in [-0.15, -0.1) is 0 Å². The maximum atomic E-state index is 12.8. The predicted molar refractivity (Wildman–Crippen MR) is 115 cm³/mol. The molecule has 0 spiro atoms. The maximum Gasteiger partial charge on any atom is 0.243 e. The largest absolute Gasteiger partial charge is 0.444 e. The number of benzene rings is 2. The third-order valence-electron chi connectivity index (χ3n) is 4.81. The second kappa shape index (κ2) is 8.57. The Balaban J connectivity index is 1.37. The fraction of sp³-hybridized carbons (Fsp3) is 0.250. The molecule has 0 bridgehead atoms. The highest BCUT2D eigenvalue weighted by atomic mass is 79.9. The van der Waals surface area contributed by atoms with E-state index in [1.54, 1.807) is 42.7 Å². The zero-order valence-corrected chi connectivity index (χ0v) is 18.6. The molecule has 2 aromatic carbocycles. The van der Waals surface area contributed by atoms with Crippen LogP contribution in [-0.4, -0.2) is 48.8 Å². The van der Waals surface area contributed by atoms with Crippen molar-refractivity contribution in [2.24, 2.45) is 0 Å². The van der Waals surface area contributed by atoms with E-state index < -0.39 is 10.0 Å². The van der Waals surface area contributed by atoms with Crippen molar-refractivity contribution in [3.05, 3.63) is 70.0 Å². The molecular formula is C20H19BrClN3O3S. The van der Waals surface area contributed by atoms with E-state index in [1.807, 2.05) is 12.1 Å². The average molecular weight is 497 g/mol. The molecule has 0 amide bonds. The molecule has 1 fully saturated rings. The van der Waals surface area contributed by atoms with Crippen molar-refractivity contribution in [2.45, 2.75) is 11.4 Å². The van der Waals surface area contributed by atoms with Crippen LogP contribution in [0.25, 0.3) is 11.5 Å². The lowest BCUT2D eigenvalue weighted by Gasteiger charge is -2.33. The van der Waals surface area contributed by atoms with E-state index in [2.05, 4.69) is 25.8 Å². The maximum absolute atomic E-state index is 12.8. The van der Waals surface area contributed by atoms with Crippen LogP contribution >= 0.6 is 27.5 Å². The average Bonchev–Trinajstić information content (AvgIpc) is 3.18. The molecule has 1 aliphatic heterocycles. The Labute approximate surface area is 183 Å². The van der Waals surface area contributed by atoms with Crippen LogP contribution in [0.15, 0.2) is 68.6 Å². The summed E-state index contributed by atoms with van der Waals surface area (Å²) in [5, 5.41) is 0.663. The van der Waals surface area contributed by atoms with E-state index in [9.17, 15) is 8.42 Å². The van der Waals surface area contributed by atoms with Gasteiger partial charge in [0, 0.05) is 47.8 Å². The van der Waals surface area contributed by atoms with Crippen molar-refractivity contribution >= 4 is 37.6 Å². The first-order valence-electron chi connectivity index (χ1n) is 9.10. The van der Waals surface area contributed by atoms with Crippen LogP contribution in [-0.2, 0) is 16.6 Å². The van der Waals surface area contributed by atoms with Crippen molar-refractivity contribution in [3.63, 3.8) is 0 Å². The van der Waals surface area contributed by atoms with Crippen LogP contribution in [0.4, 0.5) is 0 Å². The molecule has 0 saturated carbocycles. The summed E-state index contributed by atoms with van der Waals surface area (Å²) in [6.07, 6.45) is 1.65. The lowest BCUT2D eigenvalue weighted by Crippen LogP contribution is -2.48. The third kappa shape index (κ3) is 4.73. The van der Waals surface area contributed by atoms with Gasteiger partial charge in [0.25, 0.3) is 0 Å². The first-order chi connectivity index (χ1) is 13.9. The Morgan fingerprint density at radius 2 is 1.66 bits per heavy atom. The molecular weight excluding hydrogens is 478 g/mol. The Bertz CT molecular complexity index is 1080. The summed E-state index contributed by atoms with van der Waals surface area (Å²) in [6, 6.07) is 14.1. The Hall–Kier alpha value is -1.71. The van der Waals surface area contributed by atoms with E-state index in [0.29, 0.717) is 48.5 Å². The highest BCUT2D eigenvalue weighted by molar-refractivity contribution is 9.10. The van der Waals surface area contributed by atoms with Gasteiger partial charge in [-0.3, -0.25) is 4.90 Å². The van der Waals surface area contributed by atoms with Crippen LogP contribution in [0.1, 0.15) is 5.69 Å². The monoisotopic (exact) mass is 495 g/mol. The third-order valence-corrected chi connectivity index (χ3v) is 7.50. The van der Waals surface area contributed by atoms with Gasteiger partial charge in [-0.25, -0.2) is 13.4 Å². The minimum absolute atomic E-state index is 0.318. The molecule has 0 atom stereocenters. The number of sulfonamides is 1. The molecule has 4 rings (SSSR count). The summed E-state index contributed by atoms with van der Waals surface area (Å²) in [4.78, 5) is 7.04. The summed E-state index contributed by atoms with van der Waals surface area (Å²) in [5.74, 6) is 0.549. The van der Waals surface area contributed by atoms with Gasteiger partial charge in [0.15, 0.2) is 0 Å². The SMILES string of the molecule is O=S(=O)(c1ccc(Br)cc1)N1CCN(Cc2coc(-c3ccc(Cl)cc3)n2)CC1. The first-order valence-corrected chi connectivity index (χ1v) is 11.7. The summed E-state index contributed by atoms with van der Waals surface area (Å²) < 4.78 is 33.6. The van der Waals surface area contributed by atoms with Crippen LogP contribution in [0.3, 0.4) is 0 Å². The van der Waals surface area contributed by atoms with Gasteiger partial charge in [0.2, 0.25) is 15.9 Å². The topological polar surface area (TPSA) is 66.7 Å². The van der Waals surface area contributed by atoms with Gasteiger partial charge in [0.1, 0.15) is 6.26 Å². The zero-order valence-electron chi connectivity index (χ0n) is 15.5. The lowest BCUT2D eigenvalue weighted by atomic mass is 10.2. The molecule has 1 aliphatic rings. The summed E-state index contributed by atoms with van der Waals surface area (Å²) >= 11 is 9.25. The standard InChI is InChI=1S/C20H19BrClN3O3S/c21-16-3-7-19(8-4-16)29(26,27)25-11-9-24(10-12-25)13-18-14-28-20(23-18)15-1-5-17(22)6-2-15/h1-8,14H,9-13H2. The van der Waals surface area contributed by atoms with Crippen molar-refractivity contribution in [2.75, 3.05) is 26.2 Å². The van der Waals surface area contributed by atoms with Crippen molar-refractivity contribution < 1.29 is 12.8 Å². The van der Waals surface area contributed by atoms with Gasteiger partial charge in [0.05, 0.1) is 10.6 Å². The molecule has 152 valence electrons. The number of piperazine rings is 1. The second-order valence-corrected chi connectivity index (χ2v) is 10.1. The zero-order chi connectivity index (χ0) is 20.4. The van der Waals surface area contributed by atoms with Gasteiger partial charge in [-0.1, -0.05) is 27.5 Å². The molecule has 0 radical (unpaired) electrons. The molecule has 1 aromatic heterocycles. The van der Waals surface area contributed by atoms with E-state index in [-0.39, 0.29) is 0 Å². The Morgan fingerprint density at radius 3 is 2.31 bits per heavy atom. The smallest absolute Gasteiger partial charge is 0.243 e. The normalized spacial score (nSPS) is 16.2. The van der Waals surface area contributed by atoms with Crippen molar-refractivity contribution in [1.29, 1.82) is 0 Å². The van der Waals surface area contributed by atoms with Crippen LogP contribution < -0.4 is 0 Å². The molecule has 1 saturated heterocycles. The van der Waals surface area contributed by atoms with Crippen molar-refractivity contribution in [1.82, 2.24) is 14.2 Å². The predicted octanol–water partition coefficient (Wildman–Crippen LogP) is 4.26. The number of hydrogen-bond donors (Lipinski definition) is 0. The number of rotatable bonds is 5. The van der Waals surface area contributed by atoms with Gasteiger partial charge in [-0.2, -0.15) is 4.31 Å². The fourth-order valence-corrected chi connectivity index (χ4v) is 5.03. The molecule has 6 nitrogen and oxygen atoms in total. The highest BCUT2D eigenvalue weighted by Crippen LogP contribution is 2.23. The quantitative estimate of drug-likeness (QED) is 0.528. The minimum Gasteiger partial charge on any atom is -0.444 e. The molecule has 2 heterocycles. The Kier molecular flexibility index (Phi) is 6.08. The van der Waals surface area contributed by atoms with Crippen LogP contribution in [0.2, 0.25) is 5.02 Å². The molecule has 0 unspecified atom stereocenters. The van der Waals surface area contributed by atoms with Gasteiger partial charge in [-0.05, 0) is 48.5 Å². The van der Waals surface area contributed by atoms with E-state index in [0.717, 1.165) is 15.7 Å². The molecule has 0 aliphatic carbocycles. The highest BCUT2D eigenvalue weighted by Gasteiger charge is 2.28. The fourth-order valence-electron chi connectivity index (χ4n) is 3.22. The summed E-state index contributed by atoms with van der Waals surface area (Å²) in [7, 11) is -3.47. The lowest BCUT2D eigenvalue weighted by molar-refractivity contribution is 0.180. The Morgan fingerprint density at radius 1 is 1.00 bits per heavy atom. The van der Waals surface area contributed by atoms with E-state index >= 15 is 0 Å². The second-order valence-electron chi connectivity index (χ2n) is 6.79. The van der Waals surface area contributed by atoms with Crippen LogP contribution in [0, 0.1) is 0 Å². The van der Waals surface area contributed by atoms with Gasteiger partial charge >= 0.3 is 0 Å². The molecule has 9 heteroatoms. The number of aromatic nitrogens is 1. The number of oxazole rings is 1. The summed E-state index contributed by atoms with van der Waals surface area (Å²) in [6.45, 7) is 2.78. The van der Waals surface area contributed by atoms with Gasteiger partial charge < -0.3 is 4.42 Å². The molecule has 0 N–H and O–H groups in total. The van der Waals surface area contributed by atoms with E-state index in [1.165, 1.54) is 4.31 Å². The van der Waals surface area contributed by atoms with Crippen molar-refractivity contribution in [3.8, 4) is 11.5 Å². The molecule has 3 aromatic rings. The minimum atomic E-state index is -3.47. The number of halogens is 2. The van der Waals surface area contributed by atoms with E-state index in [4.69, 9.17) is 16.0 Å². The first kappa shape index (κ1) is 20.6. The molecule has 29 heavy (non-hydrogen) atoms. The number of nitrogens with zero attached hydrogens (tertiary/aromatic N) is 3. The number of hydrogen-bond acceptors (Lipinski definition) is 5. The summed E-state index contributed by atoms with van der Waals surface area (Å²) in [5.41, 5.74) is 1.69. The van der Waals surface area contributed by atoms with Crippen LogP contribution in [0.5, 0.6) is 0 Å².